The van der Waals surface area contributed by atoms with Crippen LogP contribution in [-0.2, 0) is 39.8 Å². The van der Waals surface area contributed by atoms with E-state index in [9.17, 15) is 26.4 Å². The number of ether oxygens (including phenoxy) is 1. The number of nitrogens with zero attached hydrogens (tertiary/aromatic N) is 1. The standard InChI is InChI=1S/C26H34N2O7S2/c1-16(2)9-10-28(25-19-7-6-18(12-19)24(25)26(30)35-3)23(29)13-20-15-37(33,34)22-11-17(14-36(4,31)32)5-8-21(22)27-20/h5-8,11,15-16,18-19,24-25,27H,9-10,12-14H2,1-4H3. The Bertz CT molecular complexity index is 1360. The number of fused-ring (bicyclic) bond motifs is 3. The zero-order valence-electron chi connectivity index (χ0n) is 21.5. The molecule has 1 aromatic rings. The number of carbonyl (C=O) groups is 2. The number of allylic oxidation sites excluding steroid dienone is 1. The van der Waals surface area contributed by atoms with Crippen LogP contribution in [0.25, 0.3) is 0 Å². The van der Waals surface area contributed by atoms with Crippen LogP contribution in [0.5, 0.6) is 0 Å². The fourth-order valence-corrected chi connectivity index (χ4v) is 7.78. The molecule has 0 spiro atoms. The van der Waals surface area contributed by atoms with Crippen LogP contribution in [0.1, 0.15) is 38.7 Å². The summed E-state index contributed by atoms with van der Waals surface area (Å²) in [5.41, 5.74) is 0.903. The Morgan fingerprint density at radius 3 is 2.54 bits per heavy atom. The zero-order valence-corrected chi connectivity index (χ0v) is 23.1. The van der Waals surface area contributed by atoms with Gasteiger partial charge in [0.2, 0.25) is 15.7 Å². The lowest BCUT2D eigenvalue weighted by Gasteiger charge is -2.37. The molecular weight excluding hydrogens is 516 g/mol. The minimum atomic E-state index is -3.90. The van der Waals surface area contributed by atoms with E-state index in [-0.39, 0.29) is 52.5 Å². The molecule has 2 aliphatic carbocycles. The summed E-state index contributed by atoms with van der Waals surface area (Å²) in [7, 11) is -5.87. The molecule has 11 heteroatoms. The Morgan fingerprint density at radius 2 is 1.89 bits per heavy atom. The highest BCUT2D eigenvalue weighted by molar-refractivity contribution is 7.94. The predicted molar refractivity (Wildman–Crippen MR) is 140 cm³/mol. The molecule has 0 radical (unpaired) electrons. The summed E-state index contributed by atoms with van der Waals surface area (Å²) in [6.07, 6.45) is 6.54. The molecule has 3 aliphatic rings. The first-order chi connectivity index (χ1) is 17.3. The maximum atomic E-state index is 13.7. The first kappa shape index (κ1) is 27.4. The summed E-state index contributed by atoms with van der Waals surface area (Å²) < 4.78 is 54.5. The van der Waals surface area contributed by atoms with E-state index < -0.39 is 25.6 Å². The summed E-state index contributed by atoms with van der Waals surface area (Å²) in [5.74, 6) is -0.890. The SMILES string of the molecule is COC(=O)C1C2C=CC(C2)C1N(CCC(C)C)C(=O)CC1=CS(=O)(=O)c2cc(CS(C)(=O)=O)ccc2N1. The molecule has 0 saturated heterocycles. The van der Waals surface area contributed by atoms with Crippen LogP contribution in [0.2, 0.25) is 0 Å². The van der Waals surface area contributed by atoms with E-state index in [1.165, 1.54) is 19.2 Å². The second-order valence-corrected chi connectivity index (χ2v) is 14.6. The van der Waals surface area contributed by atoms with Gasteiger partial charge in [-0.15, -0.1) is 0 Å². The molecule has 1 aromatic carbocycles. The molecule has 37 heavy (non-hydrogen) atoms. The average molecular weight is 551 g/mol. The third-order valence-electron chi connectivity index (χ3n) is 7.23. The first-order valence-corrected chi connectivity index (χ1v) is 16.0. The van der Waals surface area contributed by atoms with Gasteiger partial charge < -0.3 is 15.0 Å². The first-order valence-electron chi connectivity index (χ1n) is 12.4. The monoisotopic (exact) mass is 550 g/mol. The van der Waals surface area contributed by atoms with Gasteiger partial charge in [0.25, 0.3) is 0 Å². The minimum Gasteiger partial charge on any atom is -0.469 e. The molecule has 0 aromatic heterocycles. The van der Waals surface area contributed by atoms with Crippen LogP contribution >= 0.6 is 0 Å². The van der Waals surface area contributed by atoms with Gasteiger partial charge in [-0.1, -0.05) is 32.1 Å². The van der Waals surface area contributed by atoms with Crippen LogP contribution in [0.3, 0.4) is 0 Å². The summed E-state index contributed by atoms with van der Waals surface area (Å²) in [4.78, 5) is 28.1. The van der Waals surface area contributed by atoms with Crippen molar-refractivity contribution < 1.29 is 31.2 Å². The van der Waals surface area contributed by atoms with Crippen LogP contribution in [0.15, 0.2) is 46.4 Å². The van der Waals surface area contributed by atoms with Crippen LogP contribution in [0, 0.1) is 23.7 Å². The highest BCUT2D eigenvalue weighted by Crippen LogP contribution is 2.47. The van der Waals surface area contributed by atoms with E-state index >= 15 is 0 Å². The number of benzene rings is 1. The largest absolute Gasteiger partial charge is 0.469 e. The van der Waals surface area contributed by atoms with Crippen molar-refractivity contribution in [1.29, 1.82) is 0 Å². The molecule has 1 fully saturated rings. The third-order valence-corrected chi connectivity index (χ3v) is 9.64. The van der Waals surface area contributed by atoms with Crippen LogP contribution in [0.4, 0.5) is 5.69 Å². The average Bonchev–Trinajstić information content (AvgIpc) is 3.40. The molecule has 9 nitrogen and oxygen atoms in total. The van der Waals surface area contributed by atoms with Crippen molar-refractivity contribution in [1.82, 2.24) is 4.90 Å². The van der Waals surface area contributed by atoms with Gasteiger partial charge in [0.1, 0.15) is 0 Å². The van der Waals surface area contributed by atoms with Gasteiger partial charge >= 0.3 is 5.97 Å². The number of hydrogen-bond donors (Lipinski definition) is 1. The Labute approximate surface area is 218 Å². The maximum Gasteiger partial charge on any atom is 0.311 e. The second-order valence-electron chi connectivity index (χ2n) is 10.6. The van der Waals surface area contributed by atoms with E-state index in [1.807, 2.05) is 6.08 Å². The van der Waals surface area contributed by atoms with Gasteiger partial charge in [-0.05, 0) is 48.3 Å². The van der Waals surface area contributed by atoms with Crippen LogP contribution in [-0.4, -0.2) is 59.6 Å². The van der Waals surface area contributed by atoms with E-state index in [2.05, 4.69) is 25.2 Å². The number of sulfone groups is 2. The van der Waals surface area contributed by atoms with Crippen molar-refractivity contribution in [2.75, 3.05) is 25.2 Å². The molecule has 4 atom stereocenters. The van der Waals surface area contributed by atoms with Gasteiger partial charge in [0.05, 0.1) is 47.2 Å². The molecule has 4 unspecified atom stereocenters. The maximum absolute atomic E-state index is 13.7. The fraction of sp³-hybridized carbons (Fsp3) is 0.538. The Balaban J connectivity index is 1.59. The molecule has 1 N–H and O–H groups in total. The summed E-state index contributed by atoms with van der Waals surface area (Å²) >= 11 is 0. The molecule has 2 bridgehead atoms. The number of carbonyl (C=O) groups excluding carboxylic acids is 2. The van der Waals surface area contributed by atoms with Crippen molar-refractivity contribution in [3.8, 4) is 0 Å². The quantitative estimate of drug-likeness (QED) is 0.367. The number of anilines is 1. The van der Waals surface area contributed by atoms with E-state index in [0.717, 1.165) is 24.5 Å². The second kappa shape index (κ2) is 10.2. The minimum absolute atomic E-state index is 0.0227. The Hall–Kier alpha value is -2.66. The topological polar surface area (TPSA) is 127 Å². The van der Waals surface area contributed by atoms with Crippen molar-refractivity contribution >= 4 is 37.2 Å². The lowest BCUT2D eigenvalue weighted by atomic mass is 9.87. The van der Waals surface area contributed by atoms with Crippen molar-refractivity contribution in [3.63, 3.8) is 0 Å². The van der Waals surface area contributed by atoms with Crippen molar-refractivity contribution in [3.05, 3.63) is 47.0 Å². The normalized spacial score (nSPS) is 25.4. The highest BCUT2D eigenvalue weighted by Gasteiger charge is 2.52. The molecule has 4 rings (SSSR count). The van der Waals surface area contributed by atoms with Crippen molar-refractivity contribution in [2.45, 2.75) is 49.8 Å². The molecule has 1 saturated carbocycles. The number of amides is 1. The molecule has 1 amide bonds. The molecule has 1 aliphatic heterocycles. The number of esters is 1. The van der Waals surface area contributed by atoms with Gasteiger partial charge in [-0.2, -0.15) is 0 Å². The van der Waals surface area contributed by atoms with E-state index in [4.69, 9.17) is 4.74 Å². The molecular formula is C26H34N2O7S2. The number of hydrogen-bond acceptors (Lipinski definition) is 8. The summed E-state index contributed by atoms with van der Waals surface area (Å²) in [6, 6.07) is 4.10. The summed E-state index contributed by atoms with van der Waals surface area (Å²) in [6.45, 7) is 4.58. The molecule has 1 heterocycles. The van der Waals surface area contributed by atoms with Gasteiger partial charge in [-0.25, -0.2) is 16.8 Å². The van der Waals surface area contributed by atoms with Gasteiger partial charge in [0.15, 0.2) is 9.84 Å². The number of rotatable bonds is 9. The summed E-state index contributed by atoms with van der Waals surface area (Å²) in [5, 5.41) is 4.08. The van der Waals surface area contributed by atoms with Gasteiger partial charge in [0, 0.05) is 18.5 Å². The Kier molecular flexibility index (Phi) is 7.58. The van der Waals surface area contributed by atoms with Crippen molar-refractivity contribution in [2.24, 2.45) is 23.7 Å². The lowest BCUT2D eigenvalue weighted by molar-refractivity contribution is -0.150. The Morgan fingerprint density at radius 1 is 1.19 bits per heavy atom. The number of methoxy groups -OCH3 is 1. The molecule has 202 valence electrons. The zero-order chi connectivity index (χ0) is 27.1. The highest BCUT2D eigenvalue weighted by atomic mass is 32.2. The van der Waals surface area contributed by atoms with Gasteiger partial charge in [-0.3, -0.25) is 9.59 Å². The third kappa shape index (κ3) is 5.93. The fourth-order valence-electron chi connectivity index (χ4n) is 5.61. The van der Waals surface area contributed by atoms with E-state index in [0.29, 0.717) is 23.7 Å². The lowest BCUT2D eigenvalue weighted by Crippen LogP contribution is -2.50. The number of nitrogens with one attached hydrogen (secondary N) is 1. The van der Waals surface area contributed by atoms with Crippen LogP contribution < -0.4 is 5.32 Å². The smallest absolute Gasteiger partial charge is 0.311 e. The van der Waals surface area contributed by atoms with E-state index in [1.54, 1.807) is 11.0 Å². The predicted octanol–water partition coefficient (Wildman–Crippen LogP) is 2.90.